The molecule has 0 radical (unpaired) electrons. The van der Waals surface area contributed by atoms with Crippen molar-refractivity contribution in [1.82, 2.24) is 9.38 Å². The van der Waals surface area contributed by atoms with Gasteiger partial charge in [0.25, 0.3) is 0 Å². The summed E-state index contributed by atoms with van der Waals surface area (Å²) < 4.78 is 1.99. The van der Waals surface area contributed by atoms with E-state index in [4.69, 9.17) is 11.6 Å². The molecule has 0 saturated carbocycles. The third-order valence-corrected chi connectivity index (χ3v) is 4.25. The molecule has 3 aromatic rings. The number of hydrogen-bond acceptors (Lipinski definition) is 2. The number of hydrogen-bond donors (Lipinski definition) is 0. The summed E-state index contributed by atoms with van der Waals surface area (Å²) in [7, 11) is 0. The van der Waals surface area contributed by atoms with Gasteiger partial charge in [-0.15, -0.1) is 0 Å². The normalized spacial score (nSPS) is 13.8. The number of halogens is 2. The van der Waals surface area contributed by atoms with E-state index in [1.165, 1.54) is 24.1 Å². The van der Waals surface area contributed by atoms with Crippen molar-refractivity contribution in [3.05, 3.63) is 65.1 Å². The zero-order valence-corrected chi connectivity index (χ0v) is 14.4. The molecular weight excluding hydrogens is 362 g/mol. The van der Waals surface area contributed by atoms with Crippen LogP contribution in [0.5, 0.6) is 0 Å². The number of aryl methyl sites for hydroxylation is 1. The molecule has 22 heavy (non-hydrogen) atoms. The number of para-hydroxylation sites is 1. The summed E-state index contributed by atoms with van der Waals surface area (Å²) >= 11 is 6.03. The maximum Gasteiger partial charge on any atom is 0.137 e. The van der Waals surface area contributed by atoms with E-state index in [-0.39, 0.29) is 17.0 Å². The van der Waals surface area contributed by atoms with Crippen LogP contribution in [-0.2, 0) is 13.0 Å². The van der Waals surface area contributed by atoms with Crippen LogP contribution >= 0.6 is 11.6 Å². The Kier molecular flexibility index (Phi) is 4.41. The summed E-state index contributed by atoms with van der Waals surface area (Å²) in [6.45, 7) is 1.93. The number of rotatable bonds is 2. The molecule has 3 nitrogen and oxygen atoms in total. The van der Waals surface area contributed by atoms with E-state index >= 15 is 0 Å². The summed E-state index contributed by atoms with van der Waals surface area (Å²) in [6, 6.07) is 12.5. The Morgan fingerprint density at radius 3 is 2.86 bits per heavy atom. The molecular formula is C17H16BrClN3-. The number of nitrogens with zero attached hydrogens (tertiary/aromatic N) is 3. The van der Waals surface area contributed by atoms with Crippen molar-refractivity contribution in [2.45, 2.75) is 19.4 Å². The highest BCUT2D eigenvalue weighted by atomic mass is 79.9. The van der Waals surface area contributed by atoms with E-state index in [1.54, 1.807) is 0 Å². The first-order chi connectivity index (χ1) is 10.3. The number of pyridine rings is 1. The molecule has 1 aliphatic heterocycles. The molecule has 0 aliphatic carbocycles. The standard InChI is InChI=1S/C17H16ClN3.BrH/c18-14-7-8-17-19-15(12-21(17)10-14)11-20-9-3-5-13-4-1-2-6-16(13)20;/h1-2,4,6-8,10,12H,3,5,9,11H2;1H/p-1. The van der Waals surface area contributed by atoms with Crippen LogP contribution in [0.4, 0.5) is 5.69 Å². The van der Waals surface area contributed by atoms with Crippen LogP contribution in [0.1, 0.15) is 17.7 Å². The van der Waals surface area contributed by atoms with Crippen molar-refractivity contribution in [2.75, 3.05) is 11.4 Å². The van der Waals surface area contributed by atoms with Crippen LogP contribution in [0.2, 0.25) is 5.02 Å². The van der Waals surface area contributed by atoms with Gasteiger partial charge in [-0.2, -0.15) is 0 Å². The Morgan fingerprint density at radius 2 is 1.95 bits per heavy atom. The van der Waals surface area contributed by atoms with Gasteiger partial charge >= 0.3 is 0 Å². The number of aromatic nitrogens is 2. The molecule has 3 heterocycles. The third kappa shape index (κ3) is 2.85. The first kappa shape index (κ1) is 15.4. The highest BCUT2D eigenvalue weighted by molar-refractivity contribution is 6.30. The lowest BCUT2D eigenvalue weighted by molar-refractivity contribution is -0.00000420. The highest BCUT2D eigenvalue weighted by Crippen LogP contribution is 2.28. The van der Waals surface area contributed by atoms with Crippen LogP contribution < -0.4 is 21.9 Å². The molecule has 114 valence electrons. The second kappa shape index (κ2) is 6.31. The molecule has 0 unspecified atom stereocenters. The quantitative estimate of drug-likeness (QED) is 0.663. The number of anilines is 1. The molecule has 4 rings (SSSR count). The number of benzene rings is 1. The number of imidazole rings is 1. The van der Waals surface area contributed by atoms with Crippen molar-refractivity contribution in [1.29, 1.82) is 0 Å². The molecule has 2 aromatic heterocycles. The van der Waals surface area contributed by atoms with Crippen LogP contribution in [0.25, 0.3) is 5.65 Å². The van der Waals surface area contributed by atoms with Gasteiger partial charge in [-0.25, -0.2) is 4.98 Å². The van der Waals surface area contributed by atoms with E-state index in [0.29, 0.717) is 0 Å². The fourth-order valence-corrected chi connectivity index (χ4v) is 3.23. The van der Waals surface area contributed by atoms with Crippen LogP contribution in [0, 0.1) is 0 Å². The SMILES string of the molecule is Clc1ccc2nc(CN3CCCc4ccccc43)cn2c1.[Br-]. The molecule has 0 saturated heterocycles. The van der Waals surface area contributed by atoms with Crippen LogP contribution in [0.15, 0.2) is 48.8 Å². The second-order valence-corrected chi connectivity index (χ2v) is 5.94. The van der Waals surface area contributed by atoms with E-state index in [9.17, 15) is 0 Å². The monoisotopic (exact) mass is 376 g/mol. The molecule has 1 aliphatic rings. The maximum absolute atomic E-state index is 6.03. The van der Waals surface area contributed by atoms with Crippen LogP contribution in [0.3, 0.4) is 0 Å². The number of fused-ring (bicyclic) bond motifs is 2. The van der Waals surface area contributed by atoms with E-state index < -0.39 is 0 Å². The predicted octanol–water partition coefficient (Wildman–Crippen LogP) is 0.944. The molecule has 0 N–H and O–H groups in total. The molecule has 5 heteroatoms. The first-order valence-corrected chi connectivity index (χ1v) is 7.63. The first-order valence-electron chi connectivity index (χ1n) is 7.25. The molecule has 0 spiro atoms. The minimum Gasteiger partial charge on any atom is -1.00 e. The van der Waals surface area contributed by atoms with Gasteiger partial charge in [-0.3, -0.25) is 0 Å². The van der Waals surface area contributed by atoms with Gasteiger partial charge in [0.2, 0.25) is 0 Å². The van der Waals surface area contributed by atoms with Crippen molar-refractivity contribution < 1.29 is 17.0 Å². The molecule has 0 amide bonds. The highest BCUT2D eigenvalue weighted by Gasteiger charge is 2.17. The Hall–Kier alpha value is -1.52. The largest absolute Gasteiger partial charge is 1.00 e. The Balaban J connectivity index is 0.00000144. The minimum atomic E-state index is 0. The predicted molar refractivity (Wildman–Crippen MR) is 86.0 cm³/mol. The lowest BCUT2D eigenvalue weighted by atomic mass is 10.0. The molecule has 0 atom stereocenters. The lowest BCUT2D eigenvalue weighted by Gasteiger charge is -2.30. The van der Waals surface area contributed by atoms with E-state index in [1.807, 2.05) is 22.7 Å². The van der Waals surface area contributed by atoms with E-state index in [0.717, 1.165) is 29.5 Å². The maximum atomic E-state index is 6.03. The van der Waals surface area contributed by atoms with Gasteiger partial charge in [0.05, 0.1) is 17.3 Å². The Bertz CT molecular complexity index is 799. The average molecular weight is 378 g/mol. The Morgan fingerprint density at radius 1 is 1.09 bits per heavy atom. The van der Waals surface area contributed by atoms with Crippen molar-refractivity contribution in [2.24, 2.45) is 0 Å². The van der Waals surface area contributed by atoms with Gasteiger partial charge in [-0.05, 0) is 36.6 Å². The summed E-state index contributed by atoms with van der Waals surface area (Å²) in [4.78, 5) is 7.10. The zero-order valence-electron chi connectivity index (χ0n) is 12.0. The van der Waals surface area contributed by atoms with Gasteiger partial charge in [-0.1, -0.05) is 29.8 Å². The Labute approximate surface area is 145 Å². The molecule has 0 bridgehead atoms. The summed E-state index contributed by atoms with van der Waals surface area (Å²) in [5, 5.41) is 0.731. The van der Waals surface area contributed by atoms with Crippen LogP contribution in [-0.4, -0.2) is 15.9 Å². The van der Waals surface area contributed by atoms with Crippen molar-refractivity contribution in [3.63, 3.8) is 0 Å². The fourth-order valence-electron chi connectivity index (χ4n) is 3.06. The average Bonchev–Trinajstić information content (AvgIpc) is 2.89. The van der Waals surface area contributed by atoms with Crippen molar-refractivity contribution in [3.8, 4) is 0 Å². The fraction of sp³-hybridized carbons (Fsp3) is 0.235. The third-order valence-electron chi connectivity index (χ3n) is 4.02. The smallest absolute Gasteiger partial charge is 0.137 e. The summed E-state index contributed by atoms with van der Waals surface area (Å²) in [6.07, 6.45) is 6.35. The molecule has 1 aromatic carbocycles. The minimum absolute atomic E-state index is 0. The van der Waals surface area contributed by atoms with Crippen molar-refractivity contribution >= 4 is 22.9 Å². The summed E-state index contributed by atoms with van der Waals surface area (Å²) in [5.41, 5.74) is 4.81. The van der Waals surface area contributed by atoms with Gasteiger partial charge in [0.15, 0.2) is 0 Å². The second-order valence-electron chi connectivity index (χ2n) is 5.50. The summed E-state index contributed by atoms with van der Waals surface area (Å²) in [5.74, 6) is 0. The lowest BCUT2D eigenvalue weighted by Crippen LogP contribution is -3.00. The van der Waals surface area contributed by atoms with Gasteiger partial charge in [0, 0.05) is 24.6 Å². The topological polar surface area (TPSA) is 20.5 Å². The molecule has 0 fully saturated rings. The van der Waals surface area contributed by atoms with Gasteiger partial charge < -0.3 is 26.3 Å². The van der Waals surface area contributed by atoms with E-state index in [2.05, 4.69) is 40.3 Å². The van der Waals surface area contributed by atoms with Gasteiger partial charge in [0.1, 0.15) is 5.65 Å². The zero-order chi connectivity index (χ0) is 14.2.